The van der Waals surface area contributed by atoms with Crippen LogP contribution in [0.5, 0.6) is 5.75 Å². The van der Waals surface area contributed by atoms with Crippen LogP contribution in [0.3, 0.4) is 0 Å². The van der Waals surface area contributed by atoms with Crippen LogP contribution in [0.15, 0.2) is 54.6 Å². The van der Waals surface area contributed by atoms with Gasteiger partial charge in [-0.1, -0.05) is 36.4 Å². The molecular weight excluding hydrogens is 342 g/mol. The van der Waals surface area contributed by atoms with Gasteiger partial charge in [0.05, 0.1) is 6.54 Å². The molecule has 1 heterocycles. The molecule has 142 valence electrons. The number of phenols is 1. The average molecular weight is 367 g/mol. The number of aromatic hydroxyl groups is 1. The highest BCUT2D eigenvalue weighted by Gasteiger charge is 2.22. The molecular formula is C21H25N3O3. The van der Waals surface area contributed by atoms with E-state index in [-0.39, 0.29) is 17.6 Å². The summed E-state index contributed by atoms with van der Waals surface area (Å²) >= 11 is 0. The number of piperazine rings is 1. The number of nitrogens with one attached hydrogen (secondary N) is 1. The third-order valence-corrected chi connectivity index (χ3v) is 4.75. The van der Waals surface area contributed by atoms with Gasteiger partial charge in [0, 0.05) is 38.3 Å². The van der Waals surface area contributed by atoms with Crippen molar-refractivity contribution in [1.29, 1.82) is 0 Å². The molecule has 0 saturated carbocycles. The summed E-state index contributed by atoms with van der Waals surface area (Å²) < 4.78 is 0. The number of hydrogen-bond acceptors (Lipinski definition) is 4. The van der Waals surface area contributed by atoms with Crippen molar-refractivity contribution < 1.29 is 14.7 Å². The highest BCUT2D eigenvalue weighted by Crippen LogP contribution is 2.18. The molecule has 0 aliphatic carbocycles. The van der Waals surface area contributed by atoms with Gasteiger partial charge in [-0.25, -0.2) is 0 Å². The molecule has 0 aromatic heterocycles. The number of phenolic OH excluding ortho intramolecular Hbond substituents is 1. The summed E-state index contributed by atoms with van der Waals surface area (Å²) in [5, 5.41) is 12.7. The van der Waals surface area contributed by atoms with Crippen LogP contribution in [0.4, 0.5) is 5.69 Å². The standard InChI is InChI=1S/C21H25N3O3/c25-19-9-5-4-6-17(19)10-11-21(27)24-14-12-23(13-15-24)16-20(26)22-18-7-2-1-3-8-18/h1-9,25H,10-16H2,(H,22,26). The first-order valence-corrected chi connectivity index (χ1v) is 9.24. The maximum atomic E-state index is 12.4. The third kappa shape index (κ3) is 5.56. The second-order valence-electron chi connectivity index (χ2n) is 6.70. The molecule has 27 heavy (non-hydrogen) atoms. The van der Waals surface area contributed by atoms with Crippen molar-refractivity contribution in [1.82, 2.24) is 9.80 Å². The van der Waals surface area contributed by atoms with Gasteiger partial charge in [-0.15, -0.1) is 0 Å². The second kappa shape index (κ2) is 9.19. The number of aryl methyl sites for hydroxylation is 1. The van der Waals surface area contributed by atoms with Crippen LogP contribution >= 0.6 is 0 Å². The summed E-state index contributed by atoms with van der Waals surface area (Å²) in [5.41, 5.74) is 1.59. The Morgan fingerprint density at radius 3 is 2.30 bits per heavy atom. The summed E-state index contributed by atoms with van der Waals surface area (Å²) in [6.45, 7) is 2.94. The van der Waals surface area contributed by atoms with Crippen molar-refractivity contribution in [3.8, 4) is 5.75 Å². The predicted molar refractivity (Wildman–Crippen MR) is 105 cm³/mol. The molecule has 0 atom stereocenters. The fraction of sp³-hybridized carbons (Fsp3) is 0.333. The number of amides is 2. The summed E-state index contributed by atoms with van der Waals surface area (Å²) in [6.07, 6.45) is 0.914. The number of carbonyl (C=O) groups excluding carboxylic acids is 2. The topological polar surface area (TPSA) is 72.9 Å². The van der Waals surface area contributed by atoms with Gasteiger partial charge in [0.1, 0.15) is 5.75 Å². The molecule has 2 N–H and O–H groups in total. The van der Waals surface area contributed by atoms with Crippen molar-refractivity contribution in [3.05, 3.63) is 60.2 Å². The van der Waals surface area contributed by atoms with E-state index in [2.05, 4.69) is 10.2 Å². The molecule has 0 unspecified atom stereocenters. The van der Waals surface area contributed by atoms with E-state index in [0.29, 0.717) is 45.6 Å². The Morgan fingerprint density at radius 2 is 1.59 bits per heavy atom. The highest BCUT2D eigenvalue weighted by molar-refractivity contribution is 5.92. The largest absolute Gasteiger partial charge is 0.508 e. The minimum absolute atomic E-state index is 0.0412. The van der Waals surface area contributed by atoms with Crippen molar-refractivity contribution in [2.24, 2.45) is 0 Å². The molecule has 2 aromatic rings. The van der Waals surface area contributed by atoms with Crippen LogP contribution in [-0.4, -0.2) is 59.4 Å². The summed E-state index contributed by atoms with van der Waals surface area (Å²) in [4.78, 5) is 28.4. The smallest absolute Gasteiger partial charge is 0.238 e. The fourth-order valence-electron chi connectivity index (χ4n) is 3.20. The van der Waals surface area contributed by atoms with Gasteiger partial charge in [-0.2, -0.15) is 0 Å². The maximum absolute atomic E-state index is 12.4. The lowest BCUT2D eigenvalue weighted by atomic mass is 10.1. The first-order chi connectivity index (χ1) is 13.1. The van der Waals surface area contributed by atoms with E-state index in [4.69, 9.17) is 0 Å². The van der Waals surface area contributed by atoms with Gasteiger partial charge in [0.25, 0.3) is 0 Å². The van der Waals surface area contributed by atoms with Crippen molar-refractivity contribution >= 4 is 17.5 Å². The number of benzene rings is 2. The molecule has 2 aromatic carbocycles. The van der Waals surface area contributed by atoms with Crippen LogP contribution in [0.25, 0.3) is 0 Å². The van der Waals surface area contributed by atoms with Crippen LogP contribution in [-0.2, 0) is 16.0 Å². The van der Waals surface area contributed by atoms with Crippen molar-refractivity contribution in [2.75, 3.05) is 38.0 Å². The zero-order valence-corrected chi connectivity index (χ0v) is 15.3. The Bertz CT molecular complexity index is 771. The number of nitrogens with zero attached hydrogens (tertiary/aromatic N) is 2. The molecule has 1 fully saturated rings. The fourth-order valence-corrected chi connectivity index (χ4v) is 3.20. The molecule has 6 nitrogen and oxygen atoms in total. The normalized spacial score (nSPS) is 14.7. The lowest BCUT2D eigenvalue weighted by Crippen LogP contribution is -2.50. The minimum Gasteiger partial charge on any atom is -0.508 e. The Morgan fingerprint density at radius 1 is 0.926 bits per heavy atom. The number of anilines is 1. The number of rotatable bonds is 6. The molecule has 1 aliphatic rings. The molecule has 0 radical (unpaired) electrons. The van der Waals surface area contributed by atoms with E-state index in [1.54, 1.807) is 12.1 Å². The van der Waals surface area contributed by atoms with Crippen LogP contribution in [0.2, 0.25) is 0 Å². The van der Waals surface area contributed by atoms with Gasteiger partial charge in [0.2, 0.25) is 11.8 Å². The van der Waals surface area contributed by atoms with E-state index in [9.17, 15) is 14.7 Å². The predicted octanol–water partition coefficient (Wildman–Crippen LogP) is 2.11. The number of hydrogen-bond donors (Lipinski definition) is 2. The van der Waals surface area contributed by atoms with Gasteiger partial charge in [-0.3, -0.25) is 14.5 Å². The van der Waals surface area contributed by atoms with E-state index < -0.39 is 0 Å². The number of para-hydroxylation sites is 2. The monoisotopic (exact) mass is 367 g/mol. The summed E-state index contributed by atoms with van der Waals surface area (Å²) in [6, 6.07) is 16.5. The van der Waals surface area contributed by atoms with Crippen LogP contribution in [0.1, 0.15) is 12.0 Å². The zero-order chi connectivity index (χ0) is 19.1. The lowest BCUT2D eigenvalue weighted by Gasteiger charge is -2.34. The Balaban J connectivity index is 1.40. The molecule has 0 bridgehead atoms. The summed E-state index contributed by atoms with van der Waals surface area (Å²) in [7, 11) is 0. The molecule has 3 rings (SSSR count). The average Bonchev–Trinajstić information content (AvgIpc) is 2.68. The van der Waals surface area contributed by atoms with Crippen molar-refractivity contribution in [3.63, 3.8) is 0 Å². The number of carbonyl (C=O) groups is 2. The summed E-state index contributed by atoms with van der Waals surface area (Å²) in [5.74, 6) is 0.284. The molecule has 6 heteroatoms. The first kappa shape index (κ1) is 18.9. The molecule has 2 amide bonds. The van der Waals surface area contributed by atoms with Gasteiger partial charge in [0.15, 0.2) is 0 Å². The quantitative estimate of drug-likeness (QED) is 0.820. The van der Waals surface area contributed by atoms with Crippen LogP contribution < -0.4 is 5.32 Å². The van der Waals surface area contributed by atoms with Gasteiger partial charge < -0.3 is 15.3 Å². The Kier molecular flexibility index (Phi) is 6.44. The van der Waals surface area contributed by atoms with E-state index in [0.717, 1.165) is 11.3 Å². The highest BCUT2D eigenvalue weighted by atomic mass is 16.3. The zero-order valence-electron chi connectivity index (χ0n) is 15.3. The molecule has 1 aliphatic heterocycles. The van der Waals surface area contributed by atoms with E-state index >= 15 is 0 Å². The Labute approximate surface area is 159 Å². The Hall–Kier alpha value is -2.86. The molecule has 1 saturated heterocycles. The second-order valence-corrected chi connectivity index (χ2v) is 6.70. The van der Waals surface area contributed by atoms with E-state index in [1.165, 1.54) is 0 Å². The SMILES string of the molecule is O=C(CN1CCN(C(=O)CCc2ccccc2O)CC1)Nc1ccccc1. The maximum Gasteiger partial charge on any atom is 0.238 e. The lowest BCUT2D eigenvalue weighted by molar-refractivity contribution is -0.133. The molecule has 0 spiro atoms. The van der Waals surface area contributed by atoms with Crippen molar-refractivity contribution in [2.45, 2.75) is 12.8 Å². The van der Waals surface area contributed by atoms with Crippen LogP contribution in [0, 0.1) is 0 Å². The van der Waals surface area contributed by atoms with Gasteiger partial charge >= 0.3 is 0 Å². The van der Waals surface area contributed by atoms with Gasteiger partial charge in [-0.05, 0) is 30.2 Å². The third-order valence-electron chi connectivity index (χ3n) is 4.75. The first-order valence-electron chi connectivity index (χ1n) is 9.24. The van der Waals surface area contributed by atoms with E-state index in [1.807, 2.05) is 47.4 Å². The minimum atomic E-state index is -0.0412.